The number of aromatic nitrogens is 2. The van der Waals surface area contributed by atoms with Crippen LogP contribution in [-0.2, 0) is 6.42 Å². The molecule has 0 fully saturated rings. The first-order valence-corrected chi connectivity index (χ1v) is 6.76. The van der Waals surface area contributed by atoms with E-state index in [1.807, 2.05) is 13.8 Å². The monoisotopic (exact) mass is 291 g/mol. The second-order valence-electron chi connectivity index (χ2n) is 4.36. The lowest BCUT2D eigenvalue weighted by Crippen LogP contribution is -2.11. The molecule has 1 N–H and O–H groups in total. The van der Waals surface area contributed by atoms with Crippen LogP contribution in [0, 0.1) is 0 Å². The van der Waals surface area contributed by atoms with E-state index in [9.17, 15) is 13.2 Å². The van der Waals surface area contributed by atoms with Crippen LogP contribution in [0.15, 0.2) is 6.07 Å². The van der Waals surface area contributed by atoms with Gasteiger partial charge in [0.1, 0.15) is 11.6 Å². The predicted octanol–water partition coefficient (Wildman–Crippen LogP) is 3.58. The van der Waals surface area contributed by atoms with Crippen LogP contribution >= 0.6 is 0 Å². The van der Waals surface area contributed by atoms with Crippen LogP contribution in [-0.4, -0.2) is 29.3 Å². The average molecular weight is 291 g/mol. The van der Waals surface area contributed by atoms with Crippen molar-refractivity contribution in [3.05, 3.63) is 11.9 Å². The van der Waals surface area contributed by atoms with Gasteiger partial charge in [-0.15, -0.1) is 0 Å². The van der Waals surface area contributed by atoms with Gasteiger partial charge in [0.25, 0.3) is 0 Å². The smallest absolute Gasteiger partial charge is 0.389 e. The highest BCUT2D eigenvalue weighted by atomic mass is 19.4. The van der Waals surface area contributed by atoms with E-state index >= 15 is 0 Å². The molecule has 4 nitrogen and oxygen atoms in total. The number of anilines is 1. The molecule has 0 aliphatic carbocycles. The molecule has 114 valence electrons. The summed E-state index contributed by atoms with van der Waals surface area (Å²) < 4.78 is 41.3. The molecule has 0 aliphatic heterocycles. The van der Waals surface area contributed by atoms with Gasteiger partial charge in [-0.1, -0.05) is 6.92 Å². The lowest BCUT2D eigenvalue weighted by atomic mass is 10.3. The Labute approximate surface area is 116 Å². The molecular formula is C13H20F3N3O. The highest BCUT2D eigenvalue weighted by Gasteiger charge is 2.26. The number of hydrogen-bond acceptors (Lipinski definition) is 4. The predicted molar refractivity (Wildman–Crippen MR) is 71.0 cm³/mol. The van der Waals surface area contributed by atoms with Gasteiger partial charge in [0.2, 0.25) is 5.88 Å². The van der Waals surface area contributed by atoms with Crippen molar-refractivity contribution in [2.24, 2.45) is 0 Å². The Morgan fingerprint density at radius 1 is 1.25 bits per heavy atom. The first-order valence-electron chi connectivity index (χ1n) is 6.76. The number of hydrogen-bond donors (Lipinski definition) is 1. The van der Waals surface area contributed by atoms with Crippen molar-refractivity contribution in [1.29, 1.82) is 0 Å². The molecule has 0 aliphatic rings. The van der Waals surface area contributed by atoms with E-state index < -0.39 is 12.6 Å². The standard InChI is InChI=1S/C13H20F3N3O/c1-3-6-10-18-11(17-4-2)9-12(19-10)20-8-5-7-13(14,15)16/h9H,3-8H2,1-2H3,(H,17,18,19). The molecular weight excluding hydrogens is 271 g/mol. The van der Waals surface area contributed by atoms with Crippen LogP contribution in [0.3, 0.4) is 0 Å². The zero-order valence-corrected chi connectivity index (χ0v) is 11.8. The summed E-state index contributed by atoms with van der Waals surface area (Å²) in [5, 5.41) is 3.05. The lowest BCUT2D eigenvalue weighted by molar-refractivity contribution is -0.136. The third-order valence-electron chi connectivity index (χ3n) is 2.43. The van der Waals surface area contributed by atoms with Gasteiger partial charge in [-0.25, -0.2) is 4.98 Å². The molecule has 1 aromatic heterocycles. The first kappa shape index (κ1) is 16.5. The van der Waals surface area contributed by atoms with Crippen LogP contribution in [0.5, 0.6) is 5.88 Å². The number of nitrogens with zero attached hydrogens (tertiary/aromatic N) is 2. The minimum Gasteiger partial charge on any atom is -0.478 e. The zero-order chi connectivity index (χ0) is 15.0. The third-order valence-corrected chi connectivity index (χ3v) is 2.43. The van der Waals surface area contributed by atoms with Crippen LogP contribution in [0.1, 0.15) is 38.9 Å². The Kier molecular flexibility index (Phi) is 6.54. The fraction of sp³-hybridized carbons (Fsp3) is 0.692. The van der Waals surface area contributed by atoms with Crippen molar-refractivity contribution < 1.29 is 17.9 Å². The van der Waals surface area contributed by atoms with Gasteiger partial charge in [0.15, 0.2) is 0 Å². The van der Waals surface area contributed by atoms with Crippen molar-refractivity contribution >= 4 is 5.82 Å². The van der Waals surface area contributed by atoms with Crippen molar-refractivity contribution in [3.8, 4) is 5.88 Å². The second-order valence-corrected chi connectivity index (χ2v) is 4.36. The summed E-state index contributed by atoms with van der Waals surface area (Å²) in [4.78, 5) is 8.48. The molecule has 0 amide bonds. The fourth-order valence-electron chi connectivity index (χ4n) is 1.60. The van der Waals surface area contributed by atoms with E-state index in [1.54, 1.807) is 6.07 Å². The van der Waals surface area contributed by atoms with E-state index in [0.717, 1.165) is 6.42 Å². The number of halogens is 3. The maximum absolute atomic E-state index is 12.0. The molecule has 0 aromatic carbocycles. The van der Waals surface area contributed by atoms with Crippen molar-refractivity contribution in [2.75, 3.05) is 18.5 Å². The summed E-state index contributed by atoms with van der Waals surface area (Å²) in [6.07, 6.45) is -3.47. The molecule has 7 heteroatoms. The van der Waals surface area contributed by atoms with Crippen LogP contribution in [0.25, 0.3) is 0 Å². The summed E-state index contributed by atoms with van der Waals surface area (Å²) >= 11 is 0. The Morgan fingerprint density at radius 3 is 2.60 bits per heavy atom. The minimum atomic E-state index is -4.14. The van der Waals surface area contributed by atoms with Gasteiger partial charge in [0, 0.05) is 25.5 Å². The van der Waals surface area contributed by atoms with Gasteiger partial charge in [0.05, 0.1) is 6.61 Å². The quantitative estimate of drug-likeness (QED) is 0.744. The highest BCUT2D eigenvalue weighted by Crippen LogP contribution is 2.21. The molecule has 0 bridgehead atoms. The maximum atomic E-state index is 12.0. The van der Waals surface area contributed by atoms with Crippen molar-refractivity contribution in [2.45, 2.75) is 45.7 Å². The molecule has 0 radical (unpaired) electrons. The summed E-state index contributed by atoms with van der Waals surface area (Å²) in [6, 6.07) is 1.61. The zero-order valence-electron chi connectivity index (χ0n) is 11.8. The molecule has 1 rings (SSSR count). The first-order chi connectivity index (χ1) is 9.44. The van der Waals surface area contributed by atoms with Crippen LogP contribution < -0.4 is 10.1 Å². The minimum absolute atomic E-state index is 0.00630. The van der Waals surface area contributed by atoms with Gasteiger partial charge in [-0.05, 0) is 19.8 Å². The fourth-order valence-corrected chi connectivity index (χ4v) is 1.60. The summed E-state index contributed by atoms with van der Waals surface area (Å²) in [6.45, 7) is 4.64. The van der Waals surface area contributed by atoms with Crippen molar-refractivity contribution in [1.82, 2.24) is 9.97 Å². The number of rotatable bonds is 8. The van der Waals surface area contributed by atoms with Gasteiger partial charge in [-0.3, -0.25) is 0 Å². The van der Waals surface area contributed by atoms with E-state index in [1.165, 1.54) is 0 Å². The molecule has 0 unspecified atom stereocenters. The number of nitrogens with one attached hydrogen (secondary N) is 1. The van der Waals surface area contributed by atoms with Gasteiger partial charge in [-0.2, -0.15) is 18.2 Å². The summed E-state index contributed by atoms with van der Waals surface area (Å²) in [5.74, 6) is 1.59. The largest absolute Gasteiger partial charge is 0.478 e. The van der Waals surface area contributed by atoms with Gasteiger partial charge < -0.3 is 10.1 Å². The van der Waals surface area contributed by atoms with E-state index in [0.29, 0.717) is 30.5 Å². The average Bonchev–Trinajstić information content (AvgIpc) is 2.34. The van der Waals surface area contributed by atoms with Crippen LogP contribution in [0.4, 0.5) is 19.0 Å². The second kappa shape index (κ2) is 7.91. The Morgan fingerprint density at radius 2 is 2.00 bits per heavy atom. The molecule has 20 heavy (non-hydrogen) atoms. The SMILES string of the molecule is CCCc1nc(NCC)cc(OCCCC(F)(F)F)n1. The van der Waals surface area contributed by atoms with E-state index in [4.69, 9.17) is 4.74 Å². The summed E-state index contributed by atoms with van der Waals surface area (Å²) in [7, 11) is 0. The maximum Gasteiger partial charge on any atom is 0.389 e. The highest BCUT2D eigenvalue weighted by molar-refractivity contribution is 5.38. The Hall–Kier alpha value is -1.53. The van der Waals surface area contributed by atoms with E-state index in [-0.39, 0.29) is 13.0 Å². The molecule has 1 aromatic rings. The Balaban J connectivity index is 2.58. The van der Waals surface area contributed by atoms with Crippen LogP contribution in [0.2, 0.25) is 0 Å². The topological polar surface area (TPSA) is 47.0 Å². The molecule has 0 spiro atoms. The molecule has 0 saturated carbocycles. The number of ether oxygens (including phenoxy) is 1. The van der Waals surface area contributed by atoms with E-state index in [2.05, 4.69) is 15.3 Å². The normalized spacial score (nSPS) is 11.4. The molecule has 0 saturated heterocycles. The molecule has 1 heterocycles. The number of alkyl halides is 3. The third kappa shape index (κ3) is 6.58. The van der Waals surface area contributed by atoms with Crippen molar-refractivity contribution in [3.63, 3.8) is 0 Å². The summed E-state index contributed by atoms with van der Waals surface area (Å²) in [5.41, 5.74) is 0. The molecule has 0 atom stereocenters. The van der Waals surface area contributed by atoms with Gasteiger partial charge >= 0.3 is 6.18 Å². The number of aryl methyl sites for hydroxylation is 1. The lowest BCUT2D eigenvalue weighted by Gasteiger charge is -2.10. The Bertz CT molecular complexity index is 386.